The third-order valence-corrected chi connectivity index (χ3v) is 11.8. The van der Waals surface area contributed by atoms with E-state index in [9.17, 15) is 15.0 Å². The Kier molecular flexibility index (Phi) is 6.07. The number of H-pyrrole nitrogens is 1. The molecule has 4 aliphatic carbocycles. The molecule has 2 aromatic heterocycles. The highest BCUT2D eigenvalue weighted by Gasteiger charge is 2.62. The van der Waals surface area contributed by atoms with Crippen LogP contribution in [-0.4, -0.2) is 37.4 Å². The Labute approximate surface area is 214 Å². The summed E-state index contributed by atoms with van der Waals surface area (Å²) in [5, 5.41) is 21.8. The quantitative estimate of drug-likeness (QED) is 0.564. The zero-order chi connectivity index (χ0) is 25.2. The van der Waals surface area contributed by atoms with Gasteiger partial charge in [0, 0.05) is 12.6 Å². The summed E-state index contributed by atoms with van der Waals surface area (Å²) in [4.78, 5) is 24.3. The minimum Gasteiger partial charge on any atom is -0.393 e. The highest BCUT2D eigenvalue weighted by Crippen LogP contribution is 2.68. The average Bonchev–Trinajstić information content (AvgIpc) is 3.21. The third-order valence-electron chi connectivity index (χ3n) is 11.8. The predicted octanol–water partition coefficient (Wildman–Crippen LogP) is 4.88. The van der Waals surface area contributed by atoms with E-state index in [2.05, 4.69) is 35.7 Å². The lowest BCUT2D eigenvalue weighted by Crippen LogP contribution is -2.58. The van der Waals surface area contributed by atoms with Gasteiger partial charge in [0.2, 0.25) is 0 Å². The minimum atomic E-state index is -0.224. The molecule has 36 heavy (non-hydrogen) atoms. The molecule has 196 valence electrons. The van der Waals surface area contributed by atoms with Crippen molar-refractivity contribution in [3.05, 3.63) is 34.5 Å². The van der Waals surface area contributed by atoms with E-state index in [0.29, 0.717) is 46.5 Å². The lowest BCUT2D eigenvalue weighted by atomic mass is 9.43. The first-order chi connectivity index (χ1) is 17.2. The number of aryl methyl sites for hydroxylation is 1. The van der Waals surface area contributed by atoms with Gasteiger partial charge in [-0.25, -0.2) is 9.97 Å². The number of hydrogen-bond donors (Lipinski definition) is 3. The summed E-state index contributed by atoms with van der Waals surface area (Å²) in [5.41, 5.74) is 1.47. The monoisotopic (exact) mass is 493 g/mol. The van der Waals surface area contributed by atoms with Crippen LogP contribution >= 0.6 is 0 Å². The standard InChI is InChI=1S/C30H43N3O3/c1-17(6-9-25-32-23-5-4-14-31-27(23)28(36)33-25)20-7-8-21-26-22(11-13-30(20,21)3)29(2)12-10-19(34)15-18(29)16-24(26)35/h4-5,14,17-22,24,26,34-35H,6-13,15-16H2,1-3H3,(H,32,33,36)/t17-,18+,19-,20-,21+,22?,24-,26+,29+,30-/m1/s1. The molecule has 0 spiro atoms. The molecule has 0 aliphatic heterocycles. The molecule has 0 radical (unpaired) electrons. The van der Waals surface area contributed by atoms with E-state index in [1.165, 1.54) is 25.7 Å². The second kappa shape index (κ2) is 8.90. The van der Waals surface area contributed by atoms with Crippen LogP contribution in [0.4, 0.5) is 0 Å². The number of aromatic amines is 1. The van der Waals surface area contributed by atoms with Gasteiger partial charge in [-0.3, -0.25) is 4.79 Å². The summed E-state index contributed by atoms with van der Waals surface area (Å²) in [5.74, 6) is 3.99. The fourth-order valence-corrected chi connectivity index (χ4v) is 9.89. The normalized spacial score (nSPS) is 43.0. The molecule has 3 N–H and O–H groups in total. The van der Waals surface area contributed by atoms with Crippen LogP contribution in [0.15, 0.2) is 23.1 Å². The Hall–Kier alpha value is -1.79. The molecule has 0 amide bonds. The van der Waals surface area contributed by atoms with E-state index in [1.54, 1.807) is 6.20 Å². The molecule has 2 heterocycles. The van der Waals surface area contributed by atoms with Crippen molar-refractivity contribution < 1.29 is 10.2 Å². The van der Waals surface area contributed by atoms with Gasteiger partial charge in [-0.2, -0.15) is 0 Å². The van der Waals surface area contributed by atoms with Crippen LogP contribution in [0, 0.1) is 46.3 Å². The van der Waals surface area contributed by atoms with Crippen LogP contribution in [-0.2, 0) is 6.42 Å². The zero-order valence-corrected chi connectivity index (χ0v) is 22.1. The number of hydrogen-bond acceptors (Lipinski definition) is 5. The van der Waals surface area contributed by atoms with Crippen LogP contribution in [0.5, 0.6) is 0 Å². The minimum absolute atomic E-state index is 0.150. The van der Waals surface area contributed by atoms with Crippen molar-refractivity contribution in [2.75, 3.05) is 0 Å². The van der Waals surface area contributed by atoms with Crippen LogP contribution in [0.3, 0.4) is 0 Å². The van der Waals surface area contributed by atoms with Crippen molar-refractivity contribution in [2.45, 2.75) is 97.2 Å². The molecule has 1 unspecified atom stereocenters. The molecule has 4 fully saturated rings. The average molecular weight is 494 g/mol. The van der Waals surface area contributed by atoms with E-state index in [4.69, 9.17) is 0 Å². The first-order valence-electron chi connectivity index (χ1n) is 14.4. The van der Waals surface area contributed by atoms with Gasteiger partial charge in [-0.05, 0) is 116 Å². The molecule has 6 rings (SSSR count). The van der Waals surface area contributed by atoms with Crippen molar-refractivity contribution in [2.24, 2.45) is 46.3 Å². The predicted molar refractivity (Wildman–Crippen MR) is 140 cm³/mol. The van der Waals surface area contributed by atoms with E-state index in [0.717, 1.165) is 44.3 Å². The molecule has 2 aromatic rings. The molecular formula is C30H43N3O3. The van der Waals surface area contributed by atoms with E-state index >= 15 is 0 Å². The first-order valence-corrected chi connectivity index (χ1v) is 14.4. The lowest BCUT2D eigenvalue weighted by molar-refractivity contribution is -0.174. The van der Waals surface area contributed by atoms with Crippen molar-refractivity contribution >= 4 is 11.0 Å². The number of aromatic nitrogens is 3. The summed E-state index contributed by atoms with van der Waals surface area (Å²) < 4.78 is 0. The van der Waals surface area contributed by atoms with E-state index in [1.807, 2.05) is 12.1 Å². The van der Waals surface area contributed by atoms with Crippen LogP contribution in [0.25, 0.3) is 11.0 Å². The number of fused-ring (bicyclic) bond motifs is 6. The molecule has 0 aromatic carbocycles. The third kappa shape index (κ3) is 3.77. The summed E-state index contributed by atoms with van der Waals surface area (Å²) >= 11 is 0. The number of nitrogens with zero attached hydrogens (tertiary/aromatic N) is 2. The molecule has 0 saturated heterocycles. The van der Waals surface area contributed by atoms with Gasteiger partial charge in [0.1, 0.15) is 5.82 Å². The van der Waals surface area contributed by atoms with Crippen molar-refractivity contribution in [3.8, 4) is 0 Å². The molecule has 6 nitrogen and oxygen atoms in total. The maximum absolute atomic E-state index is 12.5. The number of pyridine rings is 1. The van der Waals surface area contributed by atoms with E-state index < -0.39 is 0 Å². The Morgan fingerprint density at radius 1 is 1.08 bits per heavy atom. The second-order valence-corrected chi connectivity index (χ2v) is 13.4. The summed E-state index contributed by atoms with van der Waals surface area (Å²) in [6.07, 6.45) is 11.7. The molecular weight excluding hydrogens is 450 g/mol. The maximum Gasteiger partial charge on any atom is 0.277 e. The largest absolute Gasteiger partial charge is 0.393 e. The highest BCUT2D eigenvalue weighted by atomic mass is 16.3. The number of nitrogens with one attached hydrogen (secondary N) is 1. The van der Waals surface area contributed by atoms with Gasteiger partial charge >= 0.3 is 0 Å². The lowest BCUT2D eigenvalue weighted by Gasteiger charge is -2.62. The highest BCUT2D eigenvalue weighted by molar-refractivity contribution is 5.72. The molecule has 6 heteroatoms. The topological polar surface area (TPSA) is 99.1 Å². The number of aliphatic hydroxyl groups excluding tert-OH is 2. The van der Waals surface area contributed by atoms with Crippen molar-refractivity contribution in [3.63, 3.8) is 0 Å². The van der Waals surface area contributed by atoms with Gasteiger partial charge in [0.05, 0.1) is 17.7 Å². The Morgan fingerprint density at radius 3 is 2.69 bits per heavy atom. The molecule has 4 aliphatic rings. The molecule has 0 bridgehead atoms. The van der Waals surface area contributed by atoms with E-state index in [-0.39, 0.29) is 28.6 Å². The Bertz CT molecular complexity index is 1180. The Balaban J connectivity index is 1.18. The van der Waals surface area contributed by atoms with Gasteiger partial charge in [-0.15, -0.1) is 0 Å². The fourth-order valence-electron chi connectivity index (χ4n) is 9.89. The van der Waals surface area contributed by atoms with Gasteiger partial charge in [0.15, 0.2) is 5.52 Å². The number of aliphatic hydroxyl groups is 2. The van der Waals surface area contributed by atoms with Crippen molar-refractivity contribution in [1.82, 2.24) is 15.0 Å². The second-order valence-electron chi connectivity index (χ2n) is 13.4. The summed E-state index contributed by atoms with van der Waals surface area (Å²) in [7, 11) is 0. The van der Waals surface area contributed by atoms with Gasteiger partial charge < -0.3 is 15.2 Å². The fraction of sp³-hybridized carbons (Fsp3) is 0.767. The smallest absolute Gasteiger partial charge is 0.277 e. The van der Waals surface area contributed by atoms with Gasteiger partial charge in [0.25, 0.3) is 5.56 Å². The maximum atomic E-state index is 12.5. The summed E-state index contributed by atoms with van der Waals surface area (Å²) in [6, 6.07) is 3.69. The number of rotatable bonds is 4. The zero-order valence-electron chi connectivity index (χ0n) is 22.1. The molecule has 10 atom stereocenters. The van der Waals surface area contributed by atoms with Gasteiger partial charge in [-0.1, -0.05) is 20.8 Å². The van der Waals surface area contributed by atoms with Crippen LogP contribution in [0.1, 0.15) is 84.4 Å². The molecule has 4 saturated carbocycles. The first kappa shape index (κ1) is 24.5. The van der Waals surface area contributed by atoms with Crippen LogP contribution in [0.2, 0.25) is 0 Å². The summed E-state index contributed by atoms with van der Waals surface area (Å²) in [6.45, 7) is 7.40. The SMILES string of the molecule is C[C@H](CCc1nc2cccnc2c(=O)[nH]1)[C@H]1CC[C@H]2[C@H]3C(CC[C@]12C)[C@@]1(C)CC[C@@H](O)C[C@H]1C[C@H]3O. The Morgan fingerprint density at radius 2 is 1.86 bits per heavy atom. The van der Waals surface area contributed by atoms with Crippen molar-refractivity contribution in [1.29, 1.82) is 0 Å². The van der Waals surface area contributed by atoms with Crippen LogP contribution < -0.4 is 5.56 Å².